The summed E-state index contributed by atoms with van der Waals surface area (Å²) in [5, 5.41) is 3.25. The molecule has 0 spiro atoms. The summed E-state index contributed by atoms with van der Waals surface area (Å²) in [5.74, 6) is 1.36. The van der Waals surface area contributed by atoms with Crippen LogP contribution in [0.3, 0.4) is 0 Å². The Hall–Kier alpha value is -2.17. The van der Waals surface area contributed by atoms with Crippen LogP contribution in [0.4, 0.5) is 5.82 Å². The van der Waals surface area contributed by atoms with E-state index in [2.05, 4.69) is 26.3 Å². The summed E-state index contributed by atoms with van der Waals surface area (Å²) in [4.78, 5) is 12.3. The number of ether oxygens (including phenoxy) is 1. The molecule has 0 aromatic carbocycles. The largest absolute Gasteiger partial charge is 0.475 e. The molecule has 100 valence electrons. The molecule has 0 fully saturated rings. The van der Waals surface area contributed by atoms with Crippen molar-refractivity contribution in [3.05, 3.63) is 42.5 Å². The molecule has 2 rings (SSSR count). The van der Waals surface area contributed by atoms with Crippen molar-refractivity contribution in [2.24, 2.45) is 0 Å². The lowest BCUT2D eigenvalue weighted by Gasteiger charge is -2.10. The number of rotatable bonds is 6. The molecular formula is C14H18N4O. The quantitative estimate of drug-likeness (QED) is 0.861. The van der Waals surface area contributed by atoms with Gasteiger partial charge in [0.25, 0.3) is 0 Å². The van der Waals surface area contributed by atoms with E-state index in [-0.39, 0.29) is 6.10 Å². The zero-order valence-corrected chi connectivity index (χ0v) is 11.2. The standard InChI is InChI=1S/C14H18N4O/c1-11(2)19-14-8-13(17-10-18-14)16-7-5-12-4-3-6-15-9-12/h3-4,6,8-11H,5,7H2,1-2H3,(H,16,17,18). The van der Waals surface area contributed by atoms with E-state index >= 15 is 0 Å². The van der Waals surface area contributed by atoms with Gasteiger partial charge in [-0.1, -0.05) is 6.07 Å². The van der Waals surface area contributed by atoms with Gasteiger partial charge in [-0.3, -0.25) is 4.98 Å². The average molecular weight is 258 g/mol. The molecule has 0 radical (unpaired) electrons. The fourth-order valence-electron chi connectivity index (χ4n) is 1.62. The van der Waals surface area contributed by atoms with Crippen molar-refractivity contribution in [1.29, 1.82) is 0 Å². The summed E-state index contributed by atoms with van der Waals surface area (Å²) in [6.45, 7) is 4.74. The second kappa shape index (κ2) is 6.68. The number of hydrogen-bond donors (Lipinski definition) is 1. The summed E-state index contributed by atoms with van der Waals surface area (Å²) in [5.41, 5.74) is 1.20. The third-order valence-electron chi connectivity index (χ3n) is 2.44. The molecule has 0 aliphatic carbocycles. The number of nitrogens with one attached hydrogen (secondary N) is 1. The maximum atomic E-state index is 5.52. The van der Waals surface area contributed by atoms with Crippen LogP contribution in [0.5, 0.6) is 5.88 Å². The van der Waals surface area contributed by atoms with E-state index in [9.17, 15) is 0 Å². The van der Waals surface area contributed by atoms with Crippen LogP contribution >= 0.6 is 0 Å². The second-order valence-corrected chi connectivity index (χ2v) is 4.45. The van der Waals surface area contributed by atoms with Gasteiger partial charge < -0.3 is 10.1 Å². The van der Waals surface area contributed by atoms with Gasteiger partial charge in [-0.25, -0.2) is 9.97 Å². The molecular weight excluding hydrogens is 240 g/mol. The minimum Gasteiger partial charge on any atom is -0.475 e. The first kappa shape index (κ1) is 13.3. The van der Waals surface area contributed by atoms with E-state index in [1.54, 1.807) is 6.20 Å². The van der Waals surface area contributed by atoms with Crippen LogP contribution in [0.2, 0.25) is 0 Å². The SMILES string of the molecule is CC(C)Oc1cc(NCCc2cccnc2)ncn1. The van der Waals surface area contributed by atoms with Gasteiger partial charge in [0.05, 0.1) is 6.10 Å². The van der Waals surface area contributed by atoms with E-state index in [0.717, 1.165) is 18.8 Å². The number of anilines is 1. The van der Waals surface area contributed by atoms with Gasteiger partial charge in [0.15, 0.2) is 0 Å². The first-order valence-corrected chi connectivity index (χ1v) is 6.35. The molecule has 0 aliphatic rings. The smallest absolute Gasteiger partial charge is 0.218 e. The normalized spacial score (nSPS) is 10.5. The molecule has 0 aliphatic heterocycles. The molecule has 5 heteroatoms. The lowest BCUT2D eigenvalue weighted by atomic mass is 10.2. The van der Waals surface area contributed by atoms with E-state index in [4.69, 9.17) is 4.74 Å². The summed E-state index contributed by atoms with van der Waals surface area (Å²) in [7, 11) is 0. The van der Waals surface area contributed by atoms with Crippen molar-refractivity contribution in [2.75, 3.05) is 11.9 Å². The monoisotopic (exact) mass is 258 g/mol. The maximum absolute atomic E-state index is 5.52. The highest BCUT2D eigenvalue weighted by Gasteiger charge is 2.01. The Balaban J connectivity index is 1.86. The fourth-order valence-corrected chi connectivity index (χ4v) is 1.62. The Morgan fingerprint density at radius 3 is 2.95 bits per heavy atom. The van der Waals surface area contributed by atoms with E-state index in [1.807, 2.05) is 32.2 Å². The van der Waals surface area contributed by atoms with Crippen LogP contribution in [0.25, 0.3) is 0 Å². The van der Waals surface area contributed by atoms with Crippen molar-refractivity contribution in [2.45, 2.75) is 26.4 Å². The summed E-state index contributed by atoms with van der Waals surface area (Å²) >= 11 is 0. The number of hydrogen-bond acceptors (Lipinski definition) is 5. The molecule has 0 saturated heterocycles. The number of nitrogens with zero attached hydrogens (tertiary/aromatic N) is 3. The molecule has 0 bridgehead atoms. The van der Waals surface area contributed by atoms with Crippen molar-refractivity contribution < 1.29 is 4.74 Å². The minimum absolute atomic E-state index is 0.109. The Kier molecular flexibility index (Phi) is 4.66. The van der Waals surface area contributed by atoms with Crippen molar-refractivity contribution in [1.82, 2.24) is 15.0 Å². The zero-order valence-electron chi connectivity index (χ0n) is 11.2. The zero-order chi connectivity index (χ0) is 13.5. The van der Waals surface area contributed by atoms with Crippen LogP contribution in [0, 0.1) is 0 Å². The summed E-state index contributed by atoms with van der Waals surface area (Å²) in [6.07, 6.45) is 6.16. The molecule has 0 saturated carbocycles. The molecule has 2 aromatic rings. The van der Waals surface area contributed by atoms with Crippen LogP contribution in [0.15, 0.2) is 36.9 Å². The highest BCUT2D eigenvalue weighted by molar-refractivity contribution is 5.37. The molecule has 2 heterocycles. The Bertz CT molecular complexity index is 502. The van der Waals surface area contributed by atoms with Gasteiger partial charge in [-0.15, -0.1) is 0 Å². The Morgan fingerprint density at radius 2 is 2.21 bits per heavy atom. The second-order valence-electron chi connectivity index (χ2n) is 4.45. The van der Waals surface area contributed by atoms with Crippen molar-refractivity contribution in [3.63, 3.8) is 0 Å². The van der Waals surface area contributed by atoms with Gasteiger partial charge in [0, 0.05) is 25.0 Å². The predicted molar refractivity (Wildman–Crippen MR) is 74.2 cm³/mol. The summed E-state index contributed by atoms with van der Waals surface area (Å²) < 4.78 is 5.52. The summed E-state index contributed by atoms with van der Waals surface area (Å²) in [6, 6.07) is 5.81. The Labute approximate surface area is 113 Å². The molecule has 0 amide bonds. The highest BCUT2D eigenvalue weighted by Crippen LogP contribution is 2.12. The minimum atomic E-state index is 0.109. The molecule has 0 atom stereocenters. The third kappa shape index (κ3) is 4.54. The molecule has 0 unspecified atom stereocenters. The first-order chi connectivity index (χ1) is 9.24. The van der Waals surface area contributed by atoms with Gasteiger partial charge >= 0.3 is 0 Å². The number of pyridine rings is 1. The molecule has 1 N–H and O–H groups in total. The topological polar surface area (TPSA) is 59.9 Å². The molecule has 19 heavy (non-hydrogen) atoms. The molecule has 2 aromatic heterocycles. The maximum Gasteiger partial charge on any atom is 0.218 e. The van der Waals surface area contributed by atoms with E-state index < -0.39 is 0 Å². The lowest BCUT2D eigenvalue weighted by molar-refractivity contribution is 0.232. The number of aromatic nitrogens is 3. The lowest BCUT2D eigenvalue weighted by Crippen LogP contribution is -2.09. The highest BCUT2D eigenvalue weighted by atomic mass is 16.5. The predicted octanol–water partition coefficient (Wildman–Crippen LogP) is 2.31. The van der Waals surface area contributed by atoms with Crippen molar-refractivity contribution >= 4 is 5.82 Å². The van der Waals surface area contributed by atoms with Gasteiger partial charge in [-0.05, 0) is 31.9 Å². The van der Waals surface area contributed by atoms with Gasteiger partial charge in [-0.2, -0.15) is 0 Å². The average Bonchev–Trinajstić information content (AvgIpc) is 2.40. The fraction of sp³-hybridized carbons (Fsp3) is 0.357. The third-order valence-corrected chi connectivity index (χ3v) is 2.44. The van der Waals surface area contributed by atoms with Crippen LogP contribution in [-0.2, 0) is 6.42 Å². The van der Waals surface area contributed by atoms with Gasteiger partial charge in [0.1, 0.15) is 12.1 Å². The first-order valence-electron chi connectivity index (χ1n) is 6.35. The molecule has 5 nitrogen and oxygen atoms in total. The van der Waals surface area contributed by atoms with Crippen molar-refractivity contribution in [3.8, 4) is 5.88 Å². The van der Waals surface area contributed by atoms with Gasteiger partial charge in [0.2, 0.25) is 5.88 Å². The van der Waals surface area contributed by atoms with Crippen LogP contribution in [0.1, 0.15) is 19.4 Å². The van der Waals surface area contributed by atoms with E-state index in [0.29, 0.717) is 5.88 Å². The van der Waals surface area contributed by atoms with E-state index in [1.165, 1.54) is 11.9 Å². The van der Waals surface area contributed by atoms with Crippen LogP contribution in [-0.4, -0.2) is 27.6 Å². The van der Waals surface area contributed by atoms with Crippen LogP contribution < -0.4 is 10.1 Å². The Morgan fingerprint density at radius 1 is 1.32 bits per heavy atom.